The van der Waals surface area contributed by atoms with Crippen LogP contribution in [0.3, 0.4) is 0 Å². The molecule has 3 aromatic heterocycles. The van der Waals surface area contributed by atoms with Crippen molar-refractivity contribution in [1.29, 1.82) is 0 Å². The van der Waals surface area contributed by atoms with Gasteiger partial charge in [-0.15, -0.1) is 10.2 Å². The second-order valence-corrected chi connectivity index (χ2v) is 11.2. The van der Waals surface area contributed by atoms with Crippen LogP contribution in [0.2, 0.25) is 0 Å². The summed E-state index contributed by atoms with van der Waals surface area (Å²) in [6.07, 6.45) is -7.76. The zero-order valence-corrected chi connectivity index (χ0v) is 27.7. The molecule has 0 saturated carbocycles. The lowest BCUT2D eigenvalue weighted by Crippen LogP contribution is -2.31. The topological polar surface area (TPSA) is 236 Å². The molecular weight excluding hydrogens is 750 g/mol. The quantitative estimate of drug-likeness (QED) is 0.115. The average molecular weight is 775 g/mol. The molecule has 5 rings (SSSR count). The SMILES string of the molecule is CCNC(=O)c1cc(-c2cn(-c3ccc(C(=O)NCC(=O)O)c(C(F)(F)F)c3)nn2)nc(-c2cn(-c3ccc(C(=O)NCC(=O)O)c(C(F)(F)F)c3)nn2)c1. The van der Waals surface area contributed by atoms with Crippen LogP contribution < -0.4 is 16.0 Å². The first kappa shape index (κ1) is 39.0. The highest BCUT2D eigenvalue weighted by Gasteiger charge is 2.37. The second kappa shape index (κ2) is 15.4. The number of benzene rings is 2. The van der Waals surface area contributed by atoms with Crippen molar-refractivity contribution in [3.63, 3.8) is 0 Å². The number of pyridine rings is 1. The van der Waals surface area contributed by atoms with Gasteiger partial charge in [0, 0.05) is 12.1 Å². The number of carbonyl (C=O) groups excluding carboxylic acids is 3. The van der Waals surface area contributed by atoms with E-state index in [1.54, 1.807) is 6.92 Å². The van der Waals surface area contributed by atoms with E-state index in [2.05, 4.69) is 30.9 Å². The Balaban J connectivity index is 1.52. The normalized spacial score (nSPS) is 11.5. The zero-order chi connectivity index (χ0) is 40.2. The molecule has 0 bridgehead atoms. The number of nitrogens with one attached hydrogen (secondary N) is 3. The summed E-state index contributed by atoms with van der Waals surface area (Å²) in [4.78, 5) is 63.5. The summed E-state index contributed by atoms with van der Waals surface area (Å²) in [5, 5.41) is 39.5. The molecule has 0 unspecified atom stereocenters. The van der Waals surface area contributed by atoms with Crippen LogP contribution in [0.4, 0.5) is 26.3 Å². The number of nitrogens with zero attached hydrogens (tertiary/aromatic N) is 7. The lowest BCUT2D eigenvalue weighted by atomic mass is 10.0. The van der Waals surface area contributed by atoms with Crippen LogP contribution in [-0.4, -0.2) is 94.5 Å². The van der Waals surface area contributed by atoms with Gasteiger partial charge in [0.15, 0.2) is 0 Å². The van der Waals surface area contributed by atoms with Gasteiger partial charge in [-0.2, -0.15) is 26.3 Å². The molecule has 0 aliphatic heterocycles. The van der Waals surface area contributed by atoms with Crippen molar-refractivity contribution < 1.29 is 60.5 Å². The molecular formula is C32H24F6N10O7. The van der Waals surface area contributed by atoms with Gasteiger partial charge in [0.05, 0.1) is 57.4 Å². The van der Waals surface area contributed by atoms with Crippen molar-refractivity contribution >= 4 is 29.7 Å². The van der Waals surface area contributed by atoms with Crippen LogP contribution in [0.1, 0.15) is 49.1 Å². The Kier molecular flexibility index (Phi) is 10.9. The van der Waals surface area contributed by atoms with Crippen LogP contribution >= 0.6 is 0 Å². The monoisotopic (exact) mass is 774 g/mol. The highest BCUT2D eigenvalue weighted by atomic mass is 19.4. The number of rotatable bonds is 12. The standard InChI is InChI=1S/C32H24F6N10O7/c1-2-39-28(53)15-7-22(24-13-47(45-43-24)16-3-5-18(20(9-16)31(33,34)35)29(54)40-11-26(49)50)42-23(8-15)25-14-48(46-44-25)17-4-6-19(21(10-17)32(36,37)38)30(55)41-12-27(51)52/h3-10,13-14H,2,11-12H2,1H3,(H,39,53)(H,40,54)(H,41,55)(H,49,50)(H,51,52). The van der Waals surface area contributed by atoms with E-state index in [1.807, 2.05) is 10.6 Å². The number of hydrogen-bond acceptors (Lipinski definition) is 10. The maximum absolute atomic E-state index is 14.0. The van der Waals surface area contributed by atoms with E-state index in [-0.39, 0.29) is 46.3 Å². The first-order chi connectivity index (χ1) is 25.8. The predicted molar refractivity (Wildman–Crippen MR) is 173 cm³/mol. The van der Waals surface area contributed by atoms with Gasteiger partial charge in [0.25, 0.3) is 17.7 Å². The van der Waals surface area contributed by atoms with E-state index in [0.29, 0.717) is 12.1 Å². The molecule has 23 heteroatoms. The Morgan fingerprint density at radius 3 is 1.40 bits per heavy atom. The molecule has 5 aromatic rings. The summed E-state index contributed by atoms with van der Waals surface area (Å²) in [6.45, 7) is 0.00392. The summed E-state index contributed by atoms with van der Waals surface area (Å²) in [6, 6.07) is 7.61. The highest BCUT2D eigenvalue weighted by molar-refractivity contribution is 5.98. The third-order valence-electron chi connectivity index (χ3n) is 7.37. The van der Waals surface area contributed by atoms with Gasteiger partial charge in [0.1, 0.15) is 24.5 Å². The number of aliphatic carboxylic acids is 2. The number of amides is 3. The molecule has 0 aliphatic rings. The van der Waals surface area contributed by atoms with Crippen LogP contribution in [0.5, 0.6) is 0 Å². The van der Waals surface area contributed by atoms with E-state index < -0.39 is 77.4 Å². The second-order valence-electron chi connectivity index (χ2n) is 11.2. The van der Waals surface area contributed by atoms with Crippen molar-refractivity contribution in [1.82, 2.24) is 50.9 Å². The number of carboxylic acid groups (broad SMARTS) is 2. The number of hydrogen-bond donors (Lipinski definition) is 5. The van der Waals surface area contributed by atoms with E-state index in [4.69, 9.17) is 10.2 Å². The van der Waals surface area contributed by atoms with Crippen molar-refractivity contribution in [2.24, 2.45) is 0 Å². The van der Waals surface area contributed by atoms with Crippen molar-refractivity contribution in [2.75, 3.05) is 19.6 Å². The molecule has 17 nitrogen and oxygen atoms in total. The Bertz CT molecular complexity index is 2170. The Hall–Kier alpha value is -7.20. The molecule has 3 heterocycles. The van der Waals surface area contributed by atoms with Gasteiger partial charge >= 0.3 is 24.3 Å². The molecule has 3 amide bonds. The molecule has 0 atom stereocenters. The third kappa shape index (κ3) is 9.06. The van der Waals surface area contributed by atoms with Gasteiger partial charge < -0.3 is 26.2 Å². The minimum absolute atomic E-state index is 0.00174. The number of carbonyl (C=O) groups is 5. The van der Waals surface area contributed by atoms with E-state index in [1.165, 1.54) is 12.1 Å². The maximum Gasteiger partial charge on any atom is 0.417 e. The Labute approximate surface area is 303 Å². The smallest absolute Gasteiger partial charge is 0.417 e. The van der Waals surface area contributed by atoms with Gasteiger partial charge in [0.2, 0.25) is 0 Å². The zero-order valence-electron chi connectivity index (χ0n) is 27.7. The molecule has 2 aromatic carbocycles. The van der Waals surface area contributed by atoms with Gasteiger partial charge in [-0.05, 0) is 55.5 Å². The summed E-state index contributed by atoms with van der Waals surface area (Å²) in [5.74, 6) is -6.10. The van der Waals surface area contributed by atoms with Gasteiger partial charge in [-0.25, -0.2) is 14.3 Å². The number of aromatic nitrogens is 7. The van der Waals surface area contributed by atoms with Crippen molar-refractivity contribution in [3.05, 3.63) is 88.7 Å². The fourth-order valence-corrected chi connectivity index (χ4v) is 4.92. The van der Waals surface area contributed by atoms with Gasteiger partial charge in [-0.3, -0.25) is 24.0 Å². The third-order valence-corrected chi connectivity index (χ3v) is 7.37. The van der Waals surface area contributed by atoms with E-state index >= 15 is 0 Å². The maximum atomic E-state index is 14.0. The summed E-state index contributed by atoms with van der Waals surface area (Å²) in [7, 11) is 0. The largest absolute Gasteiger partial charge is 0.480 e. The summed E-state index contributed by atoms with van der Waals surface area (Å²) < 4.78 is 85.6. The van der Waals surface area contributed by atoms with Crippen molar-refractivity contribution in [2.45, 2.75) is 19.3 Å². The Morgan fingerprint density at radius 1 is 0.618 bits per heavy atom. The van der Waals surface area contributed by atoms with Crippen LogP contribution in [0.15, 0.2) is 60.9 Å². The molecule has 5 N–H and O–H groups in total. The first-order valence-electron chi connectivity index (χ1n) is 15.4. The molecule has 0 fully saturated rings. The van der Waals surface area contributed by atoms with E-state index in [9.17, 15) is 50.3 Å². The molecule has 0 saturated heterocycles. The van der Waals surface area contributed by atoms with Crippen LogP contribution in [-0.2, 0) is 21.9 Å². The molecule has 0 radical (unpaired) electrons. The Morgan fingerprint density at radius 2 is 1.04 bits per heavy atom. The summed E-state index contributed by atoms with van der Waals surface area (Å²) >= 11 is 0. The number of halogens is 6. The highest BCUT2D eigenvalue weighted by Crippen LogP contribution is 2.35. The predicted octanol–water partition coefficient (Wildman–Crippen LogP) is 2.99. The first-order valence-corrected chi connectivity index (χ1v) is 15.4. The lowest BCUT2D eigenvalue weighted by molar-refractivity contribution is -0.138. The fraction of sp³-hybridized carbons (Fsp3) is 0.188. The molecule has 0 aliphatic carbocycles. The fourth-order valence-electron chi connectivity index (χ4n) is 4.92. The van der Waals surface area contributed by atoms with Crippen LogP contribution in [0, 0.1) is 0 Å². The van der Waals surface area contributed by atoms with E-state index in [0.717, 1.165) is 46.0 Å². The lowest BCUT2D eigenvalue weighted by Gasteiger charge is -2.14. The molecule has 55 heavy (non-hydrogen) atoms. The minimum atomic E-state index is -5.04. The van der Waals surface area contributed by atoms with Crippen molar-refractivity contribution in [3.8, 4) is 34.2 Å². The number of alkyl halides is 6. The summed E-state index contributed by atoms with van der Waals surface area (Å²) in [5.41, 5.74) is -5.15. The van der Waals surface area contributed by atoms with Gasteiger partial charge in [-0.1, -0.05) is 10.4 Å². The number of carboxylic acids is 2. The molecule has 286 valence electrons. The average Bonchev–Trinajstić information content (AvgIpc) is 3.83. The van der Waals surface area contributed by atoms with Crippen LogP contribution in [0.25, 0.3) is 34.2 Å². The minimum Gasteiger partial charge on any atom is -0.480 e. The molecule has 0 spiro atoms.